The Labute approximate surface area is 122 Å². The number of ether oxygens (including phenoxy) is 1. The van der Waals surface area contributed by atoms with E-state index in [1.807, 2.05) is 42.7 Å². The third-order valence-corrected chi connectivity index (χ3v) is 3.83. The largest absolute Gasteiger partial charge is 0.497 e. The molecule has 0 saturated heterocycles. The predicted molar refractivity (Wildman–Crippen MR) is 80.2 cm³/mol. The van der Waals surface area contributed by atoms with E-state index in [2.05, 4.69) is 33.2 Å². The van der Waals surface area contributed by atoms with Crippen LogP contribution in [0, 0.1) is 0 Å². The molecule has 4 heteroatoms. The number of aromatic nitrogens is 1. The monoisotopic (exact) mass is 320 g/mol. The lowest BCUT2D eigenvalue weighted by Gasteiger charge is -2.15. The highest BCUT2D eigenvalue weighted by atomic mass is 79.9. The summed E-state index contributed by atoms with van der Waals surface area (Å²) in [7, 11) is 1.68. The quantitative estimate of drug-likeness (QED) is 0.912. The highest BCUT2D eigenvalue weighted by Gasteiger charge is 2.07. The lowest BCUT2D eigenvalue weighted by molar-refractivity contribution is 0.413. The van der Waals surface area contributed by atoms with Gasteiger partial charge in [-0.1, -0.05) is 15.9 Å². The molecule has 0 fully saturated rings. The molecule has 0 unspecified atom stereocenters. The van der Waals surface area contributed by atoms with Crippen LogP contribution in [0.5, 0.6) is 5.75 Å². The molecule has 0 saturated carbocycles. The lowest BCUT2D eigenvalue weighted by Crippen LogP contribution is -2.18. The summed E-state index contributed by atoms with van der Waals surface area (Å²) in [5, 5.41) is 3.49. The van der Waals surface area contributed by atoms with Crippen LogP contribution in [0.15, 0.2) is 47.2 Å². The van der Waals surface area contributed by atoms with Crippen LogP contribution < -0.4 is 10.1 Å². The zero-order valence-electron chi connectivity index (χ0n) is 11.1. The fourth-order valence-electron chi connectivity index (χ4n) is 1.85. The van der Waals surface area contributed by atoms with Crippen LogP contribution in [0.4, 0.5) is 0 Å². The molecule has 3 nitrogen and oxygen atoms in total. The number of pyridine rings is 1. The van der Waals surface area contributed by atoms with Crippen LogP contribution in [0.25, 0.3) is 0 Å². The maximum atomic E-state index is 5.24. The van der Waals surface area contributed by atoms with E-state index in [1.54, 1.807) is 7.11 Å². The third-order valence-electron chi connectivity index (χ3n) is 3.06. The summed E-state index contributed by atoms with van der Waals surface area (Å²) >= 11 is 3.56. The van der Waals surface area contributed by atoms with Gasteiger partial charge in [0.05, 0.1) is 7.11 Å². The van der Waals surface area contributed by atoms with Crippen LogP contribution in [0.2, 0.25) is 0 Å². The predicted octanol–water partition coefficient (Wildman–Crippen LogP) is 3.70. The van der Waals surface area contributed by atoms with Gasteiger partial charge in [0, 0.05) is 29.5 Å². The second-order valence-corrected chi connectivity index (χ2v) is 5.19. The van der Waals surface area contributed by atoms with Crippen molar-refractivity contribution in [3.8, 4) is 5.75 Å². The minimum atomic E-state index is 0.279. The van der Waals surface area contributed by atoms with Crippen LogP contribution in [-0.4, -0.2) is 12.1 Å². The first-order chi connectivity index (χ1) is 9.20. The van der Waals surface area contributed by atoms with Crippen molar-refractivity contribution in [2.75, 3.05) is 7.11 Å². The summed E-state index contributed by atoms with van der Waals surface area (Å²) in [5.74, 6) is 0.872. The molecule has 1 aromatic carbocycles. The average Bonchev–Trinajstić information content (AvgIpc) is 2.47. The summed E-state index contributed by atoms with van der Waals surface area (Å²) < 4.78 is 6.33. The number of nitrogens with zero attached hydrogens (tertiary/aromatic N) is 1. The molecule has 2 aromatic rings. The van der Waals surface area contributed by atoms with E-state index in [4.69, 9.17) is 4.74 Å². The molecular weight excluding hydrogens is 304 g/mol. The van der Waals surface area contributed by atoms with E-state index in [-0.39, 0.29) is 6.04 Å². The smallest absolute Gasteiger partial charge is 0.119 e. The van der Waals surface area contributed by atoms with Gasteiger partial charge in [0.15, 0.2) is 0 Å². The Kier molecular flexibility index (Phi) is 4.93. The second kappa shape index (κ2) is 6.68. The summed E-state index contributed by atoms with van der Waals surface area (Å²) in [6.07, 6.45) is 3.63. The van der Waals surface area contributed by atoms with Crippen molar-refractivity contribution in [1.82, 2.24) is 10.3 Å². The second-order valence-electron chi connectivity index (χ2n) is 4.34. The number of benzene rings is 1. The van der Waals surface area contributed by atoms with Crippen LogP contribution in [0.3, 0.4) is 0 Å². The molecule has 1 heterocycles. The molecule has 0 amide bonds. The fraction of sp³-hybridized carbons (Fsp3) is 0.267. The van der Waals surface area contributed by atoms with Crippen LogP contribution >= 0.6 is 15.9 Å². The summed E-state index contributed by atoms with van der Waals surface area (Å²) in [4.78, 5) is 4.03. The minimum absolute atomic E-state index is 0.279. The van der Waals surface area contributed by atoms with E-state index in [9.17, 15) is 0 Å². The number of methoxy groups -OCH3 is 1. The standard InChI is InChI=1S/C15H17BrN2O/c1-11(12-5-7-17-8-6-12)18-10-13-9-14(19-2)3-4-15(13)16/h3-9,11,18H,10H2,1-2H3/t11-/m1/s1. The first-order valence-electron chi connectivity index (χ1n) is 6.16. The molecular formula is C15H17BrN2O. The van der Waals surface area contributed by atoms with Crippen molar-refractivity contribution in [3.63, 3.8) is 0 Å². The van der Waals surface area contributed by atoms with Crippen molar-refractivity contribution < 1.29 is 4.74 Å². The van der Waals surface area contributed by atoms with E-state index >= 15 is 0 Å². The van der Waals surface area contributed by atoms with Gasteiger partial charge >= 0.3 is 0 Å². The molecule has 0 aliphatic rings. The average molecular weight is 321 g/mol. The summed E-state index contributed by atoms with van der Waals surface area (Å²) in [5.41, 5.74) is 2.41. The Morgan fingerprint density at radius 2 is 2.00 bits per heavy atom. The van der Waals surface area contributed by atoms with Crippen LogP contribution in [-0.2, 0) is 6.54 Å². The Hall–Kier alpha value is -1.39. The molecule has 0 bridgehead atoms. The first kappa shape index (κ1) is 14.0. The minimum Gasteiger partial charge on any atom is -0.497 e. The number of nitrogens with one attached hydrogen (secondary N) is 1. The molecule has 0 aliphatic carbocycles. The van der Waals surface area contributed by atoms with Gasteiger partial charge in [-0.05, 0) is 48.4 Å². The van der Waals surface area contributed by atoms with E-state index < -0.39 is 0 Å². The Morgan fingerprint density at radius 3 is 2.68 bits per heavy atom. The van der Waals surface area contributed by atoms with Crippen molar-refractivity contribution in [2.45, 2.75) is 19.5 Å². The normalized spacial score (nSPS) is 12.2. The van der Waals surface area contributed by atoms with Gasteiger partial charge in [0.25, 0.3) is 0 Å². The van der Waals surface area contributed by atoms with Crippen molar-refractivity contribution in [2.24, 2.45) is 0 Å². The Bertz CT molecular complexity index is 531. The molecule has 19 heavy (non-hydrogen) atoms. The number of hydrogen-bond donors (Lipinski definition) is 1. The van der Waals surface area contributed by atoms with Crippen molar-refractivity contribution >= 4 is 15.9 Å². The number of halogens is 1. The topological polar surface area (TPSA) is 34.1 Å². The Balaban J connectivity index is 2.02. The summed E-state index contributed by atoms with van der Waals surface area (Å²) in [6, 6.07) is 10.3. The van der Waals surface area contributed by atoms with Gasteiger partial charge in [-0.15, -0.1) is 0 Å². The van der Waals surface area contributed by atoms with Gasteiger partial charge in [-0.3, -0.25) is 4.98 Å². The highest BCUT2D eigenvalue weighted by molar-refractivity contribution is 9.10. The van der Waals surface area contributed by atoms with Crippen molar-refractivity contribution in [1.29, 1.82) is 0 Å². The molecule has 0 aliphatic heterocycles. The molecule has 1 atom stereocenters. The molecule has 1 aromatic heterocycles. The Morgan fingerprint density at radius 1 is 1.26 bits per heavy atom. The van der Waals surface area contributed by atoms with Gasteiger partial charge in [0.2, 0.25) is 0 Å². The van der Waals surface area contributed by atoms with Gasteiger partial charge in [0.1, 0.15) is 5.75 Å². The molecule has 0 radical (unpaired) electrons. The first-order valence-corrected chi connectivity index (χ1v) is 6.95. The SMILES string of the molecule is COc1ccc(Br)c(CN[C@H](C)c2ccncc2)c1. The van der Waals surface area contributed by atoms with Crippen LogP contribution in [0.1, 0.15) is 24.1 Å². The van der Waals surface area contributed by atoms with Gasteiger partial charge < -0.3 is 10.1 Å². The third kappa shape index (κ3) is 3.78. The zero-order valence-corrected chi connectivity index (χ0v) is 12.6. The molecule has 100 valence electrons. The van der Waals surface area contributed by atoms with Crippen molar-refractivity contribution in [3.05, 3.63) is 58.3 Å². The maximum Gasteiger partial charge on any atom is 0.119 e. The maximum absolute atomic E-state index is 5.24. The van der Waals surface area contributed by atoms with E-state index in [1.165, 1.54) is 11.1 Å². The van der Waals surface area contributed by atoms with E-state index in [0.29, 0.717) is 0 Å². The molecule has 1 N–H and O–H groups in total. The van der Waals surface area contributed by atoms with Gasteiger partial charge in [-0.25, -0.2) is 0 Å². The lowest BCUT2D eigenvalue weighted by atomic mass is 10.1. The number of rotatable bonds is 5. The summed E-state index contributed by atoms with van der Waals surface area (Å²) in [6.45, 7) is 2.92. The zero-order chi connectivity index (χ0) is 13.7. The van der Waals surface area contributed by atoms with Gasteiger partial charge in [-0.2, -0.15) is 0 Å². The number of hydrogen-bond acceptors (Lipinski definition) is 3. The highest BCUT2D eigenvalue weighted by Crippen LogP contribution is 2.23. The van der Waals surface area contributed by atoms with E-state index in [0.717, 1.165) is 16.8 Å². The molecule has 2 rings (SSSR count). The fourth-order valence-corrected chi connectivity index (χ4v) is 2.23. The molecule has 0 spiro atoms.